The van der Waals surface area contributed by atoms with Gasteiger partial charge in [-0.2, -0.15) is 0 Å². The van der Waals surface area contributed by atoms with Gasteiger partial charge >= 0.3 is 0 Å². The Labute approximate surface area is 171 Å². The van der Waals surface area contributed by atoms with E-state index < -0.39 is 0 Å². The SMILES string of the molecule is CCCc1nnc(NC(=O)c2ccc(-c3nnc(-c4cccc(C)c4)o3)cc2)s1. The minimum Gasteiger partial charge on any atom is -0.416 e. The molecule has 29 heavy (non-hydrogen) atoms. The summed E-state index contributed by atoms with van der Waals surface area (Å²) < 4.78 is 5.79. The predicted octanol–water partition coefficient (Wildman–Crippen LogP) is 4.77. The van der Waals surface area contributed by atoms with Crippen LogP contribution in [0, 0.1) is 6.92 Å². The van der Waals surface area contributed by atoms with Crippen molar-refractivity contribution >= 4 is 22.4 Å². The number of amides is 1. The van der Waals surface area contributed by atoms with E-state index in [2.05, 4.69) is 32.6 Å². The highest BCUT2D eigenvalue weighted by atomic mass is 32.1. The van der Waals surface area contributed by atoms with Crippen LogP contribution in [0.2, 0.25) is 0 Å². The molecule has 2 heterocycles. The fraction of sp³-hybridized carbons (Fsp3) is 0.190. The van der Waals surface area contributed by atoms with Gasteiger partial charge in [-0.25, -0.2) is 0 Å². The number of hydrogen-bond donors (Lipinski definition) is 1. The van der Waals surface area contributed by atoms with Crippen molar-refractivity contribution in [2.75, 3.05) is 5.32 Å². The van der Waals surface area contributed by atoms with Gasteiger partial charge < -0.3 is 4.42 Å². The number of anilines is 1. The molecule has 2 aromatic heterocycles. The van der Waals surface area contributed by atoms with Crippen LogP contribution in [-0.2, 0) is 6.42 Å². The van der Waals surface area contributed by atoms with Gasteiger partial charge in [-0.1, -0.05) is 36.0 Å². The van der Waals surface area contributed by atoms with Crippen molar-refractivity contribution in [2.24, 2.45) is 0 Å². The second-order valence-corrected chi connectivity index (χ2v) is 7.63. The van der Waals surface area contributed by atoms with E-state index in [1.807, 2.05) is 31.2 Å². The Kier molecular flexibility index (Phi) is 5.44. The zero-order valence-corrected chi connectivity index (χ0v) is 16.9. The minimum atomic E-state index is -0.235. The standard InChI is InChI=1S/C21H19N5O2S/c1-3-5-17-23-26-21(29-17)22-18(27)14-8-10-15(11-9-14)19-24-25-20(28-19)16-7-4-6-13(2)12-16/h4,6-12H,3,5H2,1-2H3,(H,22,26,27). The van der Waals surface area contributed by atoms with Gasteiger partial charge in [0.2, 0.25) is 16.9 Å². The van der Waals surface area contributed by atoms with Gasteiger partial charge in [-0.3, -0.25) is 10.1 Å². The Morgan fingerprint density at radius 3 is 2.48 bits per heavy atom. The summed E-state index contributed by atoms with van der Waals surface area (Å²) in [4.78, 5) is 12.4. The lowest BCUT2D eigenvalue weighted by Crippen LogP contribution is -2.11. The average molecular weight is 405 g/mol. The summed E-state index contributed by atoms with van der Waals surface area (Å²) in [5.74, 6) is 0.633. The number of carbonyl (C=O) groups excluding carboxylic acids is 1. The van der Waals surface area contributed by atoms with Gasteiger partial charge in [-0.15, -0.1) is 20.4 Å². The molecule has 1 N–H and O–H groups in total. The molecular weight excluding hydrogens is 386 g/mol. The Morgan fingerprint density at radius 1 is 1.00 bits per heavy atom. The highest BCUT2D eigenvalue weighted by molar-refractivity contribution is 7.15. The van der Waals surface area contributed by atoms with Crippen LogP contribution in [0.5, 0.6) is 0 Å². The van der Waals surface area contributed by atoms with Crippen molar-refractivity contribution in [1.82, 2.24) is 20.4 Å². The topological polar surface area (TPSA) is 93.8 Å². The zero-order chi connectivity index (χ0) is 20.2. The molecule has 0 spiro atoms. The first kappa shape index (κ1) is 18.9. The molecule has 146 valence electrons. The van der Waals surface area contributed by atoms with Crippen LogP contribution in [0.15, 0.2) is 52.9 Å². The molecule has 0 aliphatic heterocycles. The summed E-state index contributed by atoms with van der Waals surface area (Å²) in [7, 11) is 0. The quantitative estimate of drug-likeness (QED) is 0.497. The molecule has 4 rings (SSSR count). The van der Waals surface area contributed by atoms with E-state index in [1.165, 1.54) is 11.3 Å². The van der Waals surface area contributed by atoms with Gasteiger partial charge in [0, 0.05) is 23.1 Å². The summed E-state index contributed by atoms with van der Waals surface area (Å²) in [6.45, 7) is 4.09. The fourth-order valence-corrected chi connectivity index (χ4v) is 3.62. The second-order valence-electron chi connectivity index (χ2n) is 6.56. The highest BCUT2D eigenvalue weighted by Gasteiger charge is 2.13. The molecule has 0 bridgehead atoms. The number of hydrogen-bond acceptors (Lipinski definition) is 7. The van der Waals surface area contributed by atoms with Crippen molar-refractivity contribution in [2.45, 2.75) is 26.7 Å². The van der Waals surface area contributed by atoms with Crippen molar-refractivity contribution in [3.8, 4) is 22.9 Å². The van der Waals surface area contributed by atoms with Gasteiger partial charge in [-0.05, 0) is 49.7 Å². The minimum absolute atomic E-state index is 0.235. The van der Waals surface area contributed by atoms with E-state index in [0.717, 1.165) is 34.5 Å². The van der Waals surface area contributed by atoms with Gasteiger partial charge in [0.1, 0.15) is 5.01 Å². The Morgan fingerprint density at radius 2 is 1.76 bits per heavy atom. The average Bonchev–Trinajstić information content (AvgIpc) is 3.38. The van der Waals surface area contributed by atoms with E-state index >= 15 is 0 Å². The third kappa shape index (κ3) is 4.38. The summed E-state index contributed by atoms with van der Waals surface area (Å²) in [6, 6.07) is 14.9. The summed E-state index contributed by atoms with van der Waals surface area (Å²) in [5.41, 5.74) is 3.25. The number of carbonyl (C=O) groups is 1. The molecule has 8 heteroatoms. The molecule has 1 amide bonds. The van der Waals surface area contributed by atoms with E-state index in [0.29, 0.717) is 22.5 Å². The smallest absolute Gasteiger partial charge is 0.257 e. The molecule has 7 nitrogen and oxygen atoms in total. The van der Waals surface area contributed by atoms with Gasteiger partial charge in [0.15, 0.2) is 0 Å². The lowest BCUT2D eigenvalue weighted by Gasteiger charge is -2.02. The molecule has 0 fully saturated rings. The largest absolute Gasteiger partial charge is 0.416 e. The molecule has 2 aromatic carbocycles. The predicted molar refractivity (Wildman–Crippen MR) is 112 cm³/mol. The number of rotatable bonds is 6. The van der Waals surface area contributed by atoms with Crippen LogP contribution in [0.1, 0.15) is 34.3 Å². The lowest BCUT2D eigenvalue weighted by atomic mass is 10.1. The number of aromatic nitrogens is 4. The first-order chi connectivity index (χ1) is 14.1. The zero-order valence-electron chi connectivity index (χ0n) is 16.0. The molecule has 0 saturated carbocycles. The van der Waals surface area contributed by atoms with Crippen molar-refractivity contribution in [3.63, 3.8) is 0 Å². The van der Waals surface area contributed by atoms with Crippen LogP contribution in [0.25, 0.3) is 22.9 Å². The van der Waals surface area contributed by atoms with Gasteiger partial charge in [0.25, 0.3) is 5.91 Å². The second kappa shape index (κ2) is 8.32. The van der Waals surface area contributed by atoms with Gasteiger partial charge in [0.05, 0.1) is 0 Å². The molecule has 0 unspecified atom stereocenters. The first-order valence-corrected chi connectivity index (χ1v) is 10.1. The van der Waals surface area contributed by atoms with Crippen molar-refractivity contribution in [3.05, 3.63) is 64.7 Å². The monoisotopic (exact) mass is 405 g/mol. The molecule has 0 saturated heterocycles. The summed E-state index contributed by atoms with van der Waals surface area (Å²) in [6.07, 6.45) is 1.85. The van der Waals surface area contributed by atoms with Crippen LogP contribution in [0.4, 0.5) is 5.13 Å². The first-order valence-electron chi connectivity index (χ1n) is 9.27. The molecule has 0 aliphatic rings. The maximum Gasteiger partial charge on any atom is 0.257 e. The van der Waals surface area contributed by atoms with Crippen LogP contribution < -0.4 is 5.32 Å². The summed E-state index contributed by atoms with van der Waals surface area (Å²) in [5, 5.41) is 20.5. The van der Waals surface area contributed by atoms with Crippen molar-refractivity contribution < 1.29 is 9.21 Å². The third-order valence-electron chi connectivity index (χ3n) is 4.24. The maximum atomic E-state index is 12.4. The Hall–Kier alpha value is -3.39. The number of nitrogens with one attached hydrogen (secondary N) is 1. The van der Waals surface area contributed by atoms with E-state index in [4.69, 9.17) is 4.42 Å². The Bertz CT molecular complexity index is 1130. The van der Waals surface area contributed by atoms with E-state index in [-0.39, 0.29) is 5.91 Å². The number of aryl methyl sites for hydroxylation is 2. The molecule has 0 radical (unpaired) electrons. The van der Waals surface area contributed by atoms with E-state index in [9.17, 15) is 4.79 Å². The molecule has 4 aromatic rings. The number of benzene rings is 2. The van der Waals surface area contributed by atoms with Crippen LogP contribution in [-0.4, -0.2) is 26.3 Å². The Balaban J connectivity index is 1.47. The van der Waals surface area contributed by atoms with Crippen LogP contribution >= 0.6 is 11.3 Å². The van der Waals surface area contributed by atoms with Crippen LogP contribution in [0.3, 0.4) is 0 Å². The molecular formula is C21H19N5O2S. The van der Waals surface area contributed by atoms with E-state index in [1.54, 1.807) is 24.3 Å². The highest BCUT2D eigenvalue weighted by Crippen LogP contribution is 2.25. The maximum absolute atomic E-state index is 12.4. The lowest BCUT2D eigenvalue weighted by molar-refractivity contribution is 0.102. The molecule has 0 atom stereocenters. The number of nitrogens with zero attached hydrogens (tertiary/aromatic N) is 4. The normalized spacial score (nSPS) is 10.8. The molecule has 0 aliphatic carbocycles. The fourth-order valence-electron chi connectivity index (χ4n) is 2.79. The third-order valence-corrected chi connectivity index (χ3v) is 5.13. The summed E-state index contributed by atoms with van der Waals surface area (Å²) >= 11 is 1.39. The van der Waals surface area contributed by atoms with Crippen molar-refractivity contribution in [1.29, 1.82) is 0 Å².